The standard InChI is InChI=1S/C12H21NO2/c1-3-10-7-4-8(2)13(10)11(12(14)15)9-5-6-9/h8-11H,3-7H2,1-2H3,(H,14,15). The Hall–Kier alpha value is -0.570. The number of likely N-dealkylation sites (tertiary alicyclic amines) is 1. The minimum absolute atomic E-state index is 0.201. The predicted octanol–water partition coefficient (Wildman–Crippen LogP) is 2.11. The van der Waals surface area contributed by atoms with Crippen LogP contribution in [0.3, 0.4) is 0 Å². The molecule has 86 valence electrons. The van der Waals surface area contributed by atoms with Gasteiger partial charge in [-0.15, -0.1) is 0 Å². The first-order valence-electron chi connectivity index (χ1n) is 6.15. The zero-order valence-electron chi connectivity index (χ0n) is 9.65. The van der Waals surface area contributed by atoms with Gasteiger partial charge in [-0.05, 0) is 44.9 Å². The molecule has 0 aromatic carbocycles. The monoisotopic (exact) mass is 211 g/mol. The predicted molar refractivity (Wildman–Crippen MR) is 58.8 cm³/mol. The number of rotatable bonds is 4. The molecule has 2 fully saturated rings. The summed E-state index contributed by atoms with van der Waals surface area (Å²) in [4.78, 5) is 13.6. The highest BCUT2D eigenvalue weighted by Gasteiger charge is 2.46. The Morgan fingerprint density at radius 1 is 1.40 bits per heavy atom. The molecule has 3 unspecified atom stereocenters. The van der Waals surface area contributed by atoms with Gasteiger partial charge in [0.1, 0.15) is 6.04 Å². The van der Waals surface area contributed by atoms with E-state index in [4.69, 9.17) is 0 Å². The van der Waals surface area contributed by atoms with E-state index in [0.29, 0.717) is 18.0 Å². The Morgan fingerprint density at radius 2 is 2.07 bits per heavy atom. The summed E-state index contributed by atoms with van der Waals surface area (Å²) in [6.45, 7) is 4.34. The Kier molecular flexibility index (Phi) is 3.01. The van der Waals surface area contributed by atoms with Gasteiger partial charge >= 0.3 is 5.97 Å². The lowest BCUT2D eigenvalue weighted by atomic mass is 10.1. The smallest absolute Gasteiger partial charge is 0.321 e. The van der Waals surface area contributed by atoms with E-state index in [-0.39, 0.29) is 6.04 Å². The third-order valence-electron chi connectivity index (χ3n) is 3.96. The van der Waals surface area contributed by atoms with Gasteiger partial charge in [-0.1, -0.05) is 6.92 Å². The van der Waals surface area contributed by atoms with Gasteiger partial charge in [0.05, 0.1) is 0 Å². The first kappa shape index (κ1) is 10.9. The second-order valence-electron chi connectivity index (χ2n) is 5.06. The van der Waals surface area contributed by atoms with Crippen molar-refractivity contribution in [3.63, 3.8) is 0 Å². The Bertz CT molecular complexity index is 250. The van der Waals surface area contributed by atoms with Crippen LogP contribution in [0.25, 0.3) is 0 Å². The molecule has 3 heteroatoms. The van der Waals surface area contributed by atoms with Gasteiger partial charge in [0.2, 0.25) is 0 Å². The van der Waals surface area contributed by atoms with E-state index in [0.717, 1.165) is 25.7 Å². The topological polar surface area (TPSA) is 40.5 Å². The number of carbonyl (C=O) groups is 1. The van der Waals surface area contributed by atoms with Crippen LogP contribution in [0.2, 0.25) is 0 Å². The molecule has 0 aromatic heterocycles. The van der Waals surface area contributed by atoms with Crippen LogP contribution < -0.4 is 0 Å². The minimum atomic E-state index is -0.607. The molecule has 0 spiro atoms. The largest absolute Gasteiger partial charge is 0.480 e. The van der Waals surface area contributed by atoms with E-state index < -0.39 is 5.97 Å². The van der Waals surface area contributed by atoms with Gasteiger partial charge in [-0.3, -0.25) is 9.69 Å². The Morgan fingerprint density at radius 3 is 2.53 bits per heavy atom. The van der Waals surface area contributed by atoms with Crippen LogP contribution in [0.15, 0.2) is 0 Å². The van der Waals surface area contributed by atoms with E-state index in [9.17, 15) is 9.90 Å². The molecule has 1 heterocycles. The number of carboxylic acid groups (broad SMARTS) is 1. The SMILES string of the molecule is CCC1CCC(C)N1C(C(=O)O)C1CC1. The first-order chi connectivity index (χ1) is 7.15. The van der Waals surface area contributed by atoms with Crippen LogP contribution in [0.1, 0.15) is 46.0 Å². The number of nitrogens with zero attached hydrogens (tertiary/aromatic N) is 1. The summed E-state index contributed by atoms with van der Waals surface area (Å²) in [7, 11) is 0. The van der Waals surface area contributed by atoms with E-state index in [1.165, 1.54) is 6.42 Å². The maximum Gasteiger partial charge on any atom is 0.321 e. The number of aliphatic carboxylic acids is 1. The third-order valence-corrected chi connectivity index (χ3v) is 3.96. The molecule has 1 N–H and O–H groups in total. The van der Waals surface area contributed by atoms with Gasteiger partial charge in [0, 0.05) is 12.1 Å². The average Bonchev–Trinajstić information content (AvgIpc) is 2.93. The minimum Gasteiger partial charge on any atom is -0.480 e. The summed E-state index contributed by atoms with van der Waals surface area (Å²) in [6, 6.07) is 0.755. The normalized spacial score (nSPS) is 34.3. The zero-order valence-corrected chi connectivity index (χ0v) is 9.65. The van der Waals surface area contributed by atoms with Crippen molar-refractivity contribution in [1.29, 1.82) is 0 Å². The summed E-state index contributed by atoms with van der Waals surface area (Å²) < 4.78 is 0. The molecule has 1 saturated carbocycles. The van der Waals surface area contributed by atoms with E-state index in [1.807, 2.05) is 0 Å². The third kappa shape index (κ3) is 2.03. The van der Waals surface area contributed by atoms with Crippen molar-refractivity contribution >= 4 is 5.97 Å². The fourth-order valence-electron chi connectivity index (χ4n) is 2.99. The van der Waals surface area contributed by atoms with E-state index in [1.54, 1.807) is 0 Å². The number of hydrogen-bond donors (Lipinski definition) is 1. The molecule has 1 aliphatic carbocycles. The Labute approximate surface area is 91.5 Å². The summed E-state index contributed by atoms with van der Waals surface area (Å²) in [5.41, 5.74) is 0. The van der Waals surface area contributed by atoms with Gasteiger partial charge in [-0.2, -0.15) is 0 Å². The maximum absolute atomic E-state index is 11.3. The molecule has 3 atom stereocenters. The van der Waals surface area contributed by atoms with Crippen molar-refractivity contribution in [3.05, 3.63) is 0 Å². The van der Waals surface area contributed by atoms with Crippen LogP contribution >= 0.6 is 0 Å². The van der Waals surface area contributed by atoms with Crippen molar-refractivity contribution < 1.29 is 9.90 Å². The first-order valence-corrected chi connectivity index (χ1v) is 6.15. The molecule has 1 aliphatic heterocycles. The van der Waals surface area contributed by atoms with Crippen LogP contribution in [0.5, 0.6) is 0 Å². The molecule has 0 amide bonds. The summed E-state index contributed by atoms with van der Waals surface area (Å²) in [5.74, 6) is -0.179. The molecule has 2 aliphatic rings. The highest BCUT2D eigenvalue weighted by Crippen LogP contribution is 2.40. The highest BCUT2D eigenvalue weighted by atomic mass is 16.4. The molecule has 15 heavy (non-hydrogen) atoms. The quantitative estimate of drug-likeness (QED) is 0.774. The van der Waals surface area contributed by atoms with Crippen LogP contribution in [0, 0.1) is 5.92 Å². The Balaban J connectivity index is 2.13. The van der Waals surface area contributed by atoms with Crippen molar-refractivity contribution in [2.24, 2.45) is 5.92 Å². The van der Waals surface area contributed by atoms with Gasteiger partial charge in [-0.25, -0.2) is 0 Å². The van der Waals surface area contributed by atoms with Gasteiger partial charge < -0.3 is 5.11 Å². The molecule has 3 nitrogen and oxygen atoms in total. The summed E-state index contributed by atoms with van der Waals surface area (Å²) in [5, 5.41) is 9.33. The highest BCUT2D eigenvalue weighted by molar-refractivity contribution is 5.74. The van der Waals surface area contributed by atoms with E-state index >= 15 is 0 Å². The molecule has 0 aromatic rings. The van der Waals surface area contributed by atoms with Crippen LogP contribution in [0.4, 0.5) is 0 Å². The molecule has 0 radical (unpaired) electrons. The fraction of sp³-hybridized carbons (Fsp3) is 0.917. The lowest BCUT2D eigenvalue weighted by molar-refractivity contribution is -0.145. The molecular weight excluding hydrogens is 190 g/mol. The lowest BCUT2D eigenvalue weighted by Gasteiger charge is -2.33. The molecule has 0 bridgehead atoms. The second kappa shape index (κ2) is 4.12. The van der Waals surface area contributed by atoms with Crippen LogP contribution in [-0.2, 0) is 4.79 Å². The number of carboxylic acids is 1. The fourth-order valence-corrected chi connectivity index (χ4v) is 2.99. The average molecular weight is 211 g/mol. The molecule has 2 rings (SSSR count). The van der Waals surface area contributed by atoms with E-state index in [2.05, 4.69) is 18.7 Å². The zero-order chi connectivity index (χ0) is 11.0. The molecule has 1 saturated heterocycles. The van der Waals surface area contributed by atoms with Gasteiger partial charge in [0.25, 0.3) is 0 Å². The van der Waals surface area contributed by atoms with Crippen LogP contribution in [-0.4, -0.2) is 34.1 Å². The van der Waals surface area contributed by atoms with Crippen molar-refractivity contribution in [2.45, 2.75) is 64.1 Å². The number of hydrogen-bond acceptors (Lipinski definition) is 2. The van der Waals surface area contributed by atoms with Crippen molar-refractivity contribution in [3.8, 4) is 0 Å². The second-order valence-corrected chi connectivity index (χ2v) is 5.06. The van der Waals surface area contributed by atoms with Gasteiger partial charge in [0.15, 0.2) is 0 Å². The van der Waals surface area contributed by atoms with Crippen molar-refractivity contribution in [1.82, 2.24) is 4.90 Å². The molecular formula is C12H21NO2. The summed E-state index contributed by atoms with van der Waals surface area (Å²) in [6.07, 6.45) is 5.64. The summed E-state index contributed by atoms with van der Waals surface area (Å²) >= 11 is 0. The lowest BCUT2D eigenvalue weighted by Crippen LogP contribution is -2.48. The van der Waals surface area contributed by atoms with Crippen molar-refractivity contribution in [2.75, 3.05) is 0 Å². The maximum atomic E-state index is 11.3.